The van der Waals surface area contributed by atoms with E-state index in [2.05, 4.69) is 44.7 Å². The molecule has 234 valence electrons. The van der Waals surface area contributed by atoms with Gasteiger partial charge >= 0.3 is 5.97 Å². The van der Waals surface area contributed by atoms with E-state index < -0.39 is 5.97 Å². The number of rotatable bonds is 9. The average molecular weight is 616 g/mol. The van der Waals surface area contributed by atoms with Gasteiger partial charge in [-0.05, 0) is 47.5 Å². The van der Waals surface area contributed by atoms with Crippen LogP contribution in [0.3, 0.4) is 0 Å². The molecule has 0 radical (unpaired) electrons. The number of piperazine rings is 1. The first-order chi connectivity index (χ1) is 22.4. The number of nitrogens with zero attached hydrogens (tertiary/aromatic N) is 3. The maximum Gasteiger partial charge on any atom is 0.337 e. The first-order valence-electron chi connectivity index (χ1n) is 15.4. The Labute approximate surface area is 269 Å². The Balaban J connectivity index is 1.14. The average Bonchev–Trinajstić information content (AvgIpc) is 3.43. The fourth-order valence-corrected chi connectivity index (χ4v) is 5.85. The van der Waals surface area contributed by atoms with Gasteiger partial charge in [0.1, 0.15) is 0 Å². The first-order valence-corrected chi connectivity index (χ1v) is 15.4. The summed E-state index contributed by atoms with van der Waals surface area (Å²) in [6.07, 6.45) is 0. The molecule has 0 spiro atoms. The second kappa shape index (κ2) is 13.8. The van der Waals surface area contributed by atoms with Gasteiger partial charge in [0.15, 0.2) is 0 Å². The van der Waals surface area contributed by atoms with Crippen LogP contribution in [0.25, 0.3) is 11.3 Å². The van der Waals surface area contributed by atoms with Gasteiger partial charge in [-0.2, -0.15) is 0 Å². The quantitative estimate of drug-likeness (QED) is 0.198. The van der Waals surface area contributed by atoms with Gasteiger partial charge in [-0.1, -0.05) is 66.7 Å². The number of fused-ring (bicyclic) bond motifs is 1. The Hall–Kier alpha value is -5.25. The molecule has 2 N–H and O–H groups in total. The summed E-state index contributed by atoms with van der Waals surface area (Å²) < 4.78 is 4.84. The number of nitrogens with one attached hydrogen (secondary N) is 2. The summed E-state index contributed by atoms with van der Waals surface area (Å²) in [5.74, 6) is -0.707. The lowest BCUT2D eigenvalue weighted by Crippen LogP contribution is -2.49. The van der Waals surface area contributed by atoms with Crippen LogP contribution >= 0.6 is 0 Å². The molecule has 2 amide bonds. The molecular weight excluding hydrogens is 578 g/mol. The number of benzene rings is 4. The summed E-state index contributed by atoms with van der Waals surface area (Å²) in [6.45, 7) is 4.87. The predicted octanol–water partition coefficient (Wildman–Crippen LogP) is 5.19. The van der Waals surface area contributed by atoms with Crippen LogP contribution in [0.4, 0.5) is 17.1 Å². The van der Waals surface area contributed by atoms with E-state index in [4.69, 9.17) is 4.74 Å². The Kier molecular flexibility index (Phi) is 9.23. The summed E-state index contributed by atoms with van der Waals surface area (Å²) in [5.41, 5.74) is 6.38. The number of amides is 2. The Morgan fingerprint density at radius 2 is 1.48 bits per heavy atom. The van der Waals surface area contributed by atoms with E-state index in [0.29, 0.717) is 34.6 Å². The highest BCUT2D eigenvalue weighted by Gasteiger charge is 2.29. The van der Waals surface area contributed by atoms with E-state index in [1.165, 1.54) is 12.7 Å². The summed E-state index contributed by atoms with van der Waals surface area (Å²) >= 11 is 0. The fraction of sp³-hybridized carbons (Fsp3) is 0.216. The van der Waals surface area contributed by atoms with Crippen molar-refractivity contribution >= 4 is 46.1 Å². The van der Waals surface area contributed by atoms with Crippen molar-refractivity contribution in [3.63, 3.8) is 0 Å². The second-order valence-corrected chi connectivity index (χ2v) is 11.5. The van der Waals surface area contributed by atoms with E-state index >= 15 is 0 Å². The number of hydrogen-bond donors (Lipinski definition) is 2. The zero-order valence-electron chi connectivity index (χ0n) is 26.0. The molecule has 2 heterocycles. The van der Waals surface area contributed by atoms with Crippen molar-refractivity contribution in [2.75, 3.05) is 62.4 Å². The molecule has 2 aliphatic rings. The van der Waals surface area contributed by atoms with Crippen LogP contribution < -0.4 is 15.5 Å². The molecule has 0 atom stereocenters. The zero-order valence-corrected chi connectivity index (χ0v) is 26.0. The van der Waals surface area contributed by atoms with Gasteiger partial charge in [0, 0.05) is 56.7 Å². The van der Waals surface area contributed by atoms with Crippen molar-refractivity contribution in [1.82, 2.24) is 9.80 Å². The van der Waals surface area contributed by atoms with E-state index in [9.17, 15) is 14.4 Å². The number of carbonyl (C=O) groups is 3. The van der Waals surface area contributed by atoms with Crippen molar-refractivity contribution in [2.45, 2.75) is 6.54 Å². The number of ether oxygens (including phenoxy) is 1. The lowest BCUT2D eigenvalue weighted by Gasteiger charge is -2.35. The van der Waals surface area contributed by atoms with Crippen LogP contribution in [-0.2, 0) is 20.9 Å². The Morgan fingerprint density at radius 1 is 0.826 bits per heavy atom. The molecule has 0 bridgehead atoms. The monoisotopic (exact) mass is 615 g/mol. The summed E-state index contributed by atoms with van der Waals surface area (Å²) in [5, 5.41) is 6.34. The molecule has 0 aliphatic carbocycles. The van der Waals surface area contributed by atoms with Gasteiger partial charge in [0.2, 0.25) is 5.91 Å². The van der Waals surface area contributed by atoms with E-state index in [1.807, 2.05) is 60.7 Å². The maximum atomic E-state index is 13.3. The van der Waals surface area contributed by atoms with Crippen molar-refractivity contribution in [2.24, 2.45) is 0 Å². The number of anilines is 3. The molecule has 0 saturated carbocycles. The molecule has 46 heavy (non-hydrogen) atoms. The Morgan fingerprint density at radius 3 is 2.15 bits per heavy atom. The highest BCUT2D eigenvalue weighted by atomic mass is 16.5. The van der Waals surface area contributed by atoms with Gasteiger partial charge in [0.05, 0.1) is 36.2 Å². The number of carbonyl (C=O) groups excluding carboxylic acids is 3. The second-order valence-electron chi connectivity index (χ2n) is 11.5. The van der Waals surface area contributed by atoms with E-state index in [1.54, 1.807) is 30.1 Å². The maximum absolute atomic E-state index is 13.3. The standard InChI is InChI=1S/C37H37N5O4/c1-40(33(43)25-42-21-19-41(20-22-42)24-26-9-5-3-6-10-26)30-16-14-29(15-17-30)38-35(27-11-7-4-8-12-27)34-31-18-13-28(37(45)46-2)23-32(31)39-36(34)44/h3-18,23,38H,19-22,24-25H2,1-2H3,(H,39,44)/b35-34-. The van der Waals surface area contributed by atoms with Gasteiger partial charge < -0.3 is 20.3 Å². The molecule has 6 rings (SSSR count). The minimum Gasteiger partial charge on any atom is -0.465 e. The molecule has 1 fully saturated rings. The van der Waals surface area contributed by atoms with Crippen LogP contribution in [0, 0.1) is 0 Å². The fourth-order valence-electron chi connectivity index (χ4n) is 5.85. The molecule has 0 aromatic heterocycles. The normalized spacial score (nSPS) is 15.9. The molecule has 9 heteroatoms. The number of likely N-dealkylation sites (N-methyl/N-ethyl adjacent to an activating group) is 1. The number of methoxy groups -OCH3 is 1. The van der Waals surface area contributed by atoms with Crippen molar-refractivity contribution < 1.29 is 19.1 Å². The minimum absolute atomic E-state index is 0.0369. The van der Waals surface area contributed by atoms with Crippen LogP contribution in [0.1, 0.15) is 27.0 Å². The number of hydrogen-bond acceptors (Lipinski definition) is 7. The van der Waals surface area contributed by atoms with Crippen LogP contribution in [0.2, 0.25) is 0 Å². The minimum atomic E-state index is -0.471. The van der Waals surface area contributed by atoms with Gasteiger partial charge in [-0.3, -0.25) is 19.4 Å². The third-order valence-electron chi connectivity index (χ3n) is 8.47. The van der Waals surface area contributed by atoms with Gasteiger partial charge in [0.25, 0.3) is 5.91 Å². The van der Waals surface area contributed by atoms with Crippen molar-refractivity contribution in [1.29, 1.82) is 0 Å². The number of esters is 1. The lowest BCUT2D eigenvalue weighted by molar-refractivity contribution is -0.120. The van der Waals surface area contributed by atoms with Crippen LogP contribution in [0.15, 0.2) is 103 Å². The van der Waals surface area contributed by atoms with Gasteiger partial charge in [-0.15, -0.1) is 0 Å². The van der Waals surface area contributed by atoms with Crippen molar-refractivity contribution in [3.05, 3.63) is 125 Å². The van der Waals surface area contributed by atoms with Gasteiger partial charge in [-0.25, -0.2) is 4.79 Å². The molecule has 1 saturated heterocycles. The van der Waals surface area contributed by atoms with E-state index in [0.717, 1.165) is 49.7 Å². The Bertz CT molecular complexity index is 1750. The summed E-state index contributed by atoms with van der Waals surface area (Å²) in [6, 6.07) is 32.7. The molecule has 0 unspecified atom stereocenters. The SMILES string of the molecule is COC(=O)c1ccc2c(c1)NC(=O)/C2=C(\Nc1ccc(N(C)C(=O)CN2CCN(Cc3ccccc3)CC2)cc1)c1ccccc1. The molecule has 9 nitrogen and oxygen atoms in total. The molecule has 4 aromatic rings. The van der Waals surface area contributed by atoms with Crippen LogP contribution in [-0.4, -0.2) is 74.5 Å². The highest BCUT2D eigenvalue weighted by Crippen LogP contribution is 2.38. The zero-order chi connectivity index (χ0) is 32.0. The molecule has 2 aliphatic heterocycles. The lowest BCUT2D eigenvalue weighted by atomic mass is 9.99. The largest absolute Gasteiger partial charge is 0.465 e. The summed E-state index contributed by atoms with van der Waals surface area (Å²) in [7, 11) is 3.13. The van der Waals surface area contributed by atoms with E-state index in [-0.39, 0.29) is 11.8 Å². The topological polar surface area (TPSA) is 94.2 Å². The first kappa shape index (κ1) is 30.8. The van der Waals surface area contributed by atoms with Crippen molar-refractivity contribution in [3.8, 4) is 0 Å². The highest BCUT2D eigenvalue weighted by molar-refractivity contribution is 6.37. The molecule has 4 aromatic carbocycles. The molecular formula is C37H37N5O4. The predicted molar refractivity (Wildman–Crippen MR) is 181 cm³/mol. The third kappa shape index (κ3) is 6.86. The van der Waals surface area contributed by atoms with Crippen LogP contribution in [0.5, 0.6) is 0 Å². The smallest absolute Gasteiger partial charge is 0.337 e. The summed E-state index contributed by atoms with van der Waals surface area (Å²) in [4.78, 5) is 44.9. The third-order valence-corrected chi connectivity index (χ3v) is 8.47.